The molecule has 0 spiro atoms. The number of hydrogen-bond acceptors (Lipinski definition) is 5. The Morgan fingerprint density at radius 2 is 1.97 bits per heavy atom. The van der Waals surface area contributed by atoms with Gasteiger partial charge in [0.2, 0.25) is 5.88 Å². The van der Waals surface area contributed by atoms with Crippen molar-refractivity contribution < 1.29 is 13.9 Å². The third-order valence-electron chi connectivity index (χ3n) is 4.94. The molecule has 30 heavy (non-hydrogen) atoms. The summed E-state index contributed by atoms with van der Waals surface area (Å²) in [4.78, 5) is 11.4. The number of nitrogens with zero attached hydrogens (tertiary/aromatic N) is 3. The van der Waals surface area contributed by atoms with Crippen molar-refractivity contribution in [3.8, 4) is 5.88 Å². The van der Waals surface area contributed by atoms with Crippen LogP contribution < -0.4 is 15.4 Å². The maximum absolute atomic E-state index is 13.4. The minimum Gasteiger partial charge on any atom is -0.481 e. The molecule has 1 unspecified atom stereocenters. The molecule has 0 aliphatic carbocycles. The second-order valence-corrected chi connectivity index (χ2v) is 6.96. The topological polar surface area (TPSA) is 71.0 Å². The van der Waals surface area contributed by atoms with E-state index in [4.69, 9.17) is 9.47 Å². The van der Waals surface area contributed by atoms with Crippen LogP contribution in [-0.4, -0.2) is 62.3 Å². The lowest BCUT2D eigenvalue weighted by Gasteiger charge is -2.35. The van der Waals surface area contributed by atoms with Crippen molar-refractivity contribution in [2.45, 2.75) is 19.5 Å². The van der Waals surface area contributed by atoms with E-state index in [1.807, 2.05) is 37.3 Å². The number of hydrogen-bond donors (Lipinski definition) is 2. The van der Waals surface area contributed by atoms with Gasteiger partial charge in [-0.15, -0.1) is 0 Å². The van der Waals surface area contributed by atoms with Gasteiger partial charge >= 0.3 is 0 Å². The Labute approximate surface area is 177 Å². The fourth-order valence-corrected chi connectivity index (χ4v) is 3.39. The van der Waals surface area contributed by atoms with Gasteiger partial charge in [0.25, 0.3) is 0 Å². The van der Waals surface area contributed by atoms with Gasteiger partial charge in [0.05, 0.1) is 38.6 Å². The van der Waals surface area contributed by atoms with Gasteiger partial charge in [-0.2, -0.15) is 0 Å². The monoisotopic (exact) mass is 415 g/mol. The van der Waals surface area contributed by atoms with Crippen LogP contribution in [0.15, 0.2) is 47.5 Å². The Morgan fingerprint density at radius 3 is 2.67 bits per heavy atom. The second kappa shape index (κ2) is 11.5. The van der Waals surface area contributed by atoms with E-state index in [0.29, 0.717) is 38.1 Å². The Kier molecular flexibility index (Phi) is 8.41. The number of aromatic nitrogens is 1. The first-order valence-corrected chi connectivity index (χ1v) is 10.3. The molecule has 0 bridgehead atoms. The number of pyridine rings is 1. The molecular formula is C22H30FN5O2. The molecule has 0 saturated carbocycles. The zero-order valence-electron chi connectivity index (χ0n) is 17.6. The predicted octanol–water partition coefficient (Wildman–Crippen LogP) is 2.36. The molecular weight excluding hydrogens is 385 g/mol. The van der Waals surface area contributed by atoms with Crippen LogP contribution >= 0.6 is 0 Å². The summed E-state index contributed by atoms with van der Waals surface area (Å²) in [6.07, 6.45) is 0. The molecule has 1 aliphatic rings. The first-order valence-electron chi connectivity index (χ1n) is 10.3. The predicted molar refractivity (Wildman–Crippen MR) is 115 cm³/mol. The lowest BCUT2D eigenvalue weighted by molar-refractivity contribution is 0.0170. The summed E-state index contributed by atoms with van der Waals surface area (Å²) in [5.74, 6) is 1.06. The number of nitrogens with one attached hydrogen (secondary N) is 2. The molecule has 1 aliphatic heterocycles. The Hall–Kier alpha value is -2.71. The lowest BCUT2D eigenvalue weighted by atomic mass is 10.0. The number of morpholine rings is 1. The summed E-state index contributed by atoms with van der Waals surface area (Å²) in [5.41, 5.74) is 1.89. The molecule has 2 aromatic rings. The van der Waals surface area contributed by atoms with Crippen LogP contribution in [0.1, 0.15) is 24.2 Å². The van der Waals surface area contributed by atoms with E-state index < -0.39 is 0 Å². The quantitative estimate of drug-likeness (QED) is 0.510. The fourth-order valence-electron chi connectivity index (χ4n) is 3.39. The van der Waals surface area contributed by atoms with Crippen LogP contribution in [0.3, 0.4) is 0 Å². The van der Waals surface area contributed by atoms with Crippen molar-refractivity contribution in [2.24, 2.45) is 4.99 Å². The first-order chi connectivity index (χ1) is 14.7. The lowest BCUT2D eigenvalue weighted by Crippen LogP contribution is -2.46. The van der Waals surface area contributed by atoms with Crippen molar-refractivity contribution >= 4 is 5.96 Å². The van der Waals surface area contributed by atoms with Crippen LogP contribution in [0.5, 0.6) is 5.88 Å². The molecule has 0 radical (unpaired) electrons. The molecule has 162 valence electrons. The van der Waals surface area contributed by atoms with Crippen LogP contribution in [0.2, 0.25) is 0 Å². The molecule has 8 heteroatoms. The highest BCUT2D eigenvalue weighted by Gasteiger charge is 2.23. The largest absolute Gasteiger partial charge is 0.481 e. The van der Waals surface area contributed by atoms with Crippen molar-refractivity contribution in [1.82, 2.24) is 20.5 Å². The van der Waals surface area contributed by atoms with E-state index in [2.05, 4.69) is 25.5 Å². The average Bonchev–Trinajstić information content (AvgIpc) is 2.79. The smallest absolute Gasteiger partial charge is 0.213 e. The molecule has 0 amide bonds. The molecule has 1 atom stereocenters. The number of guanidine groups is 1. The summed E-state index contributed by atoms with van der Waals surface area (Å²) >= 11 is 0. The molecule has 1 aromatic carbocycles. The van der Waals surface area contributed by atoms with E-state index in [-0.39, 0.29) is 11.9 Å². The number of ether oxygens (including phenoxy) is 2. The highest BCUT2D eigenvalue weighted by Crippen LogP contribution is 2.21. The van der Waals surface area contributed by atoms with Crippen LogP contribution in [0, 0.1) is 5.82 Å². The van der Waals surface area contributed by atoms with Crippen LogP contribution in [0.25, 0.3) is 0 Å². The first kappa shape index (κ1) is 22.0. The Balaban J connectivity index is 1.70. The standard InChI is InChI=1S/C22H30FN5O2/c1-3-24-22(25-15-19-5-4-6-21(27-19)29-2)26-16-20(28-11-13-30-14-12-28)17-7-9-18(23)10-8-17/h4-10,20H,3,11-16H2,1-2H3,(H2,24,25,26). The summed E-state index contributed by atoms with van der Waals surface area (Å²) in [6.45, 7) is 6.93. The van der Waals surface area contributed by atoms with Crippen molar-refractivity contribution in [3.05, 3.63) is 59.5 Å². The van der Waals surface area contributed by atoms with Crippen molar-refractivity contribution in [3.63, 3.8) is 0 Å². The molecule has 7 nitrogen and oxygen atoms in total. The van der Waals surface area contributed by atoms with E-state index in [9.17, 15) is 4.39 Å². The highest BCUT2D eigenvalue weighted by atomic mass is 19.1. The van der Waals surface area contributed by atoms with Gasteiger partial charge in [-0.05, 0) is 30.7 Å². The SMILES string of the molecule is CCNC(=NCc1cccc(OC)n1)NCC(c1ccc(F)cc1)N1CCOCC1. The molecule has 2 N–H and O–H groups in total. The van der Waals surface area contributed by atoms with Gasteiger partial charge in [0.15, 0.2) is 5.96 Å². The third-order valence-corrected chi connectivity index (χ3v) is 4.94. The van der Waals surface area contributed by atoms with Gasteiger partial charge in [0.1, 0.15) is 5.82 Å². The molecule has 1 fully saturated rings. The third kappa shape index (κ3) is 6.40. The zero-order chi connectivity index (χ0) is 21.2. The van der Waals surface area contributed by atoms with Crippen LogP contribution in [-0.2, 0) is 11.3 Å². The summed E-state index contributed by atoms with van der Waals surface area (Å²) in [7, 11) is 1.60. The second-order valence-electron chi connectivity index (χ2n) is 6.96. The van der Waals surface area contributed by atoms with E-state index in [1.54, 1.807) is 7.11 Å². The number of benzene rings is 1. The Bertz CT molecular complexity index is 809. The minimum absolute atomic E-state index is 0.0910. The Morgan fingerprint density at radius 1 is 1.20 bits per heavy atom. The van der Waals surface area contributed by atoms with Crippen LogP contribution in [0.4, 0.5) is 4.39 Å². The zero-order valence-corrected chi connectivity index (χ0v) is 17.6. The summed E-state index contributed by atoms with van der Waals surface area (Å²) in [5, 5.41) is 6.71. The summed E-state index contributed by atoms with van der Waals surface area (Å²) in [6, 6.07) is 12.4. The van der Waals surface area contributed by atoms with E-state index in [0.717, 1.165) is 30.9 Å². The van der Waals surface area contributed by atoms with E-state index in [1.165, 1.54) is 12.1 Å². The van der Waals surface area contributed by atoms with Crippen molar-refractivity contribution in [1.29, 1.82) is 0 Å². The fraction of sp³-hybridized carbons (Fsp3) is 0.455. The van der Waals surface area contributed by atoms with Gasteiger partial charge in [-0.1, -0.05) is 18.2 Å². The molecule has 3 rings (SSSR count). The van der Waals surface area contributed by atoms with Gasteiger partial charge < -0.3 is 20.1 Å². The normalized spacial score (nSPS) is 16.2. The summed E-state index contributed by atoms with van der Waals surface area (Å²) < 4.78 is 24.1. The maximum Gasteiger partial charge on any atom is 0.213 e. The maximum atomic E-state index is 13.4. The number of rotatable bonds is 8. The van der Waals surface area contributed by atoms with Gasteiger partial charge in [-0.3, -0.25) is 4.90 Å². The average molecular weight is 416 g/mol. The molecule has 1 aromatic heterocycles. The minimum atomic E-state index is -0.229. The number of aliphatic imine (C=N–C) groups is 1. The highest BCUT2D eigenvalue weighted by molar-refractivity contribution is 5.79. The van der Waals surface area contributed by atoms with Crippen molar-refractivity contribution in [2.75, 3.05) is 46.5 Å². The molecule has 2 heterocycles. The van der Waals surface area contributed by atoms with Gasteiger partial charge in [0, 0.05) is 32.2 Å². The molecule has 1 saturated heterocycles. The van der Waals surface area contributed by atoms with E-state index >= 15 is 0 Å². The van der Waals surface area contributed by atoms with Gasteiger partial charge in [-0.25, -0.2) is 14.4 Å². The number of halogens is 1. The number of methoxy groups -OCH3 is 1.